The van der Waals surface area contributed by atoms with Crippen molar-refractivity contribution in [1.29, 1.82) is 0 Å². The van der Waals surface area contributed by atoms with Gasteiger partial charge in [0.05, 0.1) is 5.92 Å². The van der Waals surface area contributed by atoms with E-state index in [4.69, 9.17) is 9.26 Å². The molecule has 1 aromatic heterocycles. The Balaban J connectivity index is 1.62. The molecule has 1 aromatic carbocycles. The Morgan fingerprint density at radius 1 is 1.33 bits per heavy atom. The lowest BCUT2D eigenvalue weighted by Crippen LogP contribution is -2.22. The van der Waals surface area contributed by atoms with Crippen molar-refractivity contribution in [2.45, 2.75) is 32.0 Å². The number of hydrogen-bond donors (Lipinski definition) is 0. The number of alkyl halides is 3. The molecule has 0 radical (unpaired) electrons. The van der Waals surface area contributed by atoms with Crippen molar-refractivity contribution in [3.63, 3.8) is 0 Å². The van der Waals surface area contributed by atoms with Crippen LogP contribution in [0.4, 0.5) is 13.2 Å². The fourth-order valence-electron chi connectivity index (χ4n) is 2.83. The quantitative estimate of drug-likeness (QED) is 0.835. The Bertz CT molecular complexity index is 687. The number of aromatic nitrogens is 2. The summed E-state index contributed by atoms with van der Waals surface area (Å²) in [7, 11) is 0. The molecule has 1 aliphatic rings. The van der Waals surface area contributed by atoms with Gasteiger partial charge in [0.25, 0.3) is 0 Å². The number of benzene rings is 1. The molecule has 2 heterocycles. The summed E-state index contributed by atoms with van der Waals surface area (Å²) in [4.78, 5) is 6.41. The molecule has 1 aliphatic heterocycles. The van der Waals surface area contributed by atoms with Crippen molar-refractivity contribution in [1.82, 2.24) is 15.0 Å². The van der Waals surface area contributed by atoms with Crippen molar-refractivity contribution < 1.29 is 22.4 Å². The molecule has 1 saturated heterocycles. The summed E-state index contributed by atoms with van der Waals surface area (Å²) in [5, 5.41) is 3.80. The van der Waals surface area contributed by atoms with Crippen molar-refractivity contribution in [3.8, 4) is 5.75 Å². The molecule has 0 saturated carbocycles. The number of aryl methyl sites for hydroxylation is 1. The molecular weight excluding hydrogens is 323 g/mol. The van der Waals surface area contributed by atoms with E-state index in [1.54, 1.807) is 31.2 Å². The molecule has 0 bridgehead atoms. The van der Waals surface area contributed by atoms with Gasteiger partial charge in [0.2, 0.25) is 5.89 Å². The van der Waals surface area contributed by atoms with E-state index < -0.39 is 12.8 Å². The van der Waals surface area contributed by atoms with E-state index in [0.717, 1.165) is 25.1 Å². The van der Waals surface area contributed by atoms with E-state index >= 15 is 0 Å². The van der Waals surface area contributed by atoms with Gasteiger partial charge in [0, 0.05) is 18.7 Å². The van der Waals surface area contributed by atoms with E-state index in [1.165, 1.54) is 0 Å². The van der Waals surface area contributed by atoms with E-state index in [-0.39, 0.29) is 11.7 Å². The molecule has 8 heteroatoms. The smallest absolute Gasteiger partial charge is 0.422 e. The fourth-order valence-corrected chi connectivity index (χ4v) is 2.83. The van der Waals surface area contributed by atoms with Gasteiger partial charge >= 0.3 is 6.18 Å². The number of nitrogens with zero attached hydrogens (tertiary/aromatic N) is 3. The van der Waals surface area contributed by atoms with Crippen LogP contribution in [0, 0.1) is 6.92 Å². The van der Waals surface area contributed by atoms with Gasteiger partial charge in [0.15, 0.2) is 12.4 Å². The van der Waals surface area contributed by atoms with Crippen molar-refractivity contribution in [2.24, 2.45) is 0 Å². The van der Waals surface area contributed by atoms with Crippen molar-refractivity contribution >= 4 is 0 Å². The maximum absolute atomic E-state index is 12.4. The molecule has 0 aliphatic carbocycles. The van der Waals surface area contributed by atoms with E-state index in [9.17, 15) is 13.2 Å². The maximum Gasteiger partial charge on any atom is 0.422 e. The minimum Gasteiger partial charge on any atom is -0.484 e. The largest absolute Gasteiger partial charge is 0.484 e. The van der Waals surface area contributed by atoms with E-state index in [2.05, 4.69) is 15.0 Å². The number of likely N-dealkylation sites (tertiary alicyclic amines) is 1. The molecular formula is C16H18F3N3O2. The normalized spacial score (nSPS) is 18.9. The molecule has 5 nitrogen and oxygen atoms in total. The number of rotatable bonds is 5. The maximum atomic E-state index is 12.4. The van der Waals surface area contributed by atoms with Crippen molar-refractivity contribution in [2.75, 3.05) is 19.7 Å². The van der Waals surface area contributed by atoms with Gasteiger partial charge in [-0.05, 0) is 26.0 Å². The molecule has 0 spiro atoms. The first kappa shape index (κ1) is 16.8. The van der Waals surface area contributed by atoms with Crippen LogP contribution in [0.15, 0.2) is 28.8 Å². The van der Waals surface area contributed by atoms with Gasteiger partial charge in [-0.25, -0.2) is 0 Å². The first-order valence-corrected chi connectivity index (χ1v) is 7.71. The second-order valence-electron chi connectivity index (χ2n) is 5.91. The topological polar surface area (TPSA) is 51.4 Å². The Kier molecular flexibility index (Phi) is 4.75. The fraction of sp³-hybridized carbons (Fsp3) is 0.500. The van der Waals surface area contributed by atoms with Crippen LogP contribution < -0.4 is 4.74 Å². The predicted molar refractivity (Wildman–Crippen MR) is 79.7 cm³/mol. The van der Waals surface area contributed by atoms with Crippen LogP contribution in [0.2, 0.25) is 0 Å². The van der Waals surface area contributed by atoms with Crippen LogP contribution in [0.25, 0.3) is 0 Å². The third kappa shape index (κ3) is 4.25. The molecule has 0 N–H and O–H groups in total. The first-order valence-electron chi connectivity index (χ1n) is 7.71. The second-order valence-corrected chi connectivity index (χ2v) is 5.91. The van der Waals surface area contributed by atoms with Crippen LogP contribution in [0.1, 0.15) is 29.6 Å². The Morgan fingerprint density at radius 2 is 2.12 bits per heavy atom. The van der Waals surface area contributed by atoms with Gasteiger partial charge in [0.1, 0.15) is 5.75 Å². The second kappa shape index (κ2) is 6.80. The summed E-state index contributed by atoms with van der Waals surface area (Å²) in [5.41, 5.74) is 0.740. The number of para-hydroxylation sites is 1. The van der Waals surface area contributed by atoms with Crippen LogP contribution in [0.3, 0.4) is 0 Å². The molecule has 1 fully saturated rings. The van der Waals surface area contributed by atoms with E-state index in [0.29, 0.717) is 18.3 Å². The van der Waals surface area contributed by atoms with Gasteiger partial charge in [-0.2, -0.15) is 18.2 Å². The van der Waals surface area contributed by atoms with Gasteiger partial charge in [-0.15, -0.1) is 0 Å². The monoisotopic (exact) mass is 341 g/mol. The molecule has 24 heavy (non-hydrogen) atoms. The van der Waals surface area contributed by atoms with Crippen LogP contribution >= 0.6 is 0 Å². The average molecular weight is 341 g/mol. The van der Waals surface area contributed by atoms with Gasteiger partial charge in [-0.3, -0.25) is 4.90 Å². The highest BCUT2D eigenvalue weighted by atomic mass is 19.4. The third-order valence-corrected chi connectivity index (χ3v) is 3.92. The molecule has 2 aromatic rings. The highest BCUT2D eigenvalue weighted by Gasteiger charge is 2.30. The van der Waals surface area contributed by atoms with Crippen molar-refractivity contribution in [3.05, 3.63) is 41.5 Å². The first-order chi connectivity index (χ1) is 11.4. The molecule has 0 amide bonds. The number of ether oxygens (including phenoxy) is 1. The van der Waals surface area contributed by atoms with Gasteiger partial charge < -0.3 is 9.26 Å². The van der Waals surface area contributed by atoms with Crippen LogP contribution in [-0.4, -0.2) is 40.9 Å². The van der Waals surface area contributed by atoms with Crippen LogP contribution in [0.5, 0.6) is 5.75 Å². The zero-order valence-corrected chi connectivity index (χ0v) is 13.2. The Labute approximate surface area is 137 Å². The summed E-state index contributed by atoms with van der Waals surface area (Å²) in [5.74, 6) is 1.66. The van der Waals surface area contributed by atoms with Crippen LogP contribution in [-0.2, 0) is 6.54 Å². The lowest BCUT2D eigenvalue weighted by Gasteiger charge is -2.18. The summed E-state index contributed by atoms with van der Waals surface area (Å²) < 4.78 is 47.2. The minimum absolute atomic E-state index is 0.162. The summed E-state index contributed by atoms with van der Waals surface area (Å²) >= 11 is 0. The van der Waals surface area contributed by atoms with E-state index in [1.807, 2.05) is 0 Å². The zero-order valence-electron chi connectivity index (χ0n) is 13.2. The number of halogens is 3. The average Bonchev–Trinajstić information content (AvgIpc) is 3.14. The third-order valence-electron chi connectivity index (χ3n) is 3.92. The highest BCUT2D eigenvalue weighted by molar-refractivity contribution is 5.33. The summed E-state index contributed by atoms with van der Waals surface area (Å²) in [6, 6.07) is 6.82. The van der Waals surface area contributed by atoms with Gasteiger partial charge in [-0.1, -0.05) is 23.4 Å². The molecule has 130 valence electrons. The molecule has 3 rings (SSSR count). The molecule has 1 atom stereocenters. The SMILES string of the molecule is Cc1noc([C@@H]2CCN(Cc3ccccc3OCC(F)(F)F)C2)n1. The Morgan fingerprint density at radius 3 is 2.83 bits per heavy atom. The summed E-state index contributed by atoms with van der Waals surface area (Å²) in [6.45, 7) is 2.56. The highest BCUT2D eigenvalue weighted by Crippen LogP contribution is 2.29. The zero-order chi connectivity index (χ0) is 17.2. The summed E-state index contributed by atoms with van der Waals surface area (Å²) in [6.07, 6.45) is -3.46. The lowest BCUT2D eigenvalue weighted by atomic mass is 10.1. The molecule has 0 unspecified atom stereocenters. The Hall–Kier alpha value is -2.09. The lowest BCUT2D eigenvalue weighted by molar-refractivity contribution is -0.153. The standard InChI is InChI=1S/C16H18F3N3O2/c1-11-20-15(24-21-11)13-6-7-22(9-13)8-12-4-2-3-5-14(12)23-10-16(17,18)19/h2-5,13H,6-10H2,1H3/t13-/m1/s1. The minimum atomic E-state index is -4.35. The number of hydrogen-bond acceptors (Lipinski definition) is 5. The predicted octanol–water partition coefficient (Wildman–Crippen LogP) is 3.31.